The van der Waals surface area contributed by atoms with Gasteiger partial charge in [0.2, 0.25) is 0 Å². The second-order valence-corrected chi connectivity index (χ2v) is 3.17. The van der Waals surface area contributed by atoms with Crippen LogP contribution in [0.1, 0.15) is 16.2 Å². The molecule has 2 aromatic heterocycles. The van der Waals surface area contributed by atoms with Crippen molar-refractivity contribution in [2.45, 2.75) is 6.92 Å². The van der Waals surface area contributed by atoms with Gasteiger partial charge in [-0.25, -0.2) is 9.59 Å². The molecule has 0 amide bonds. The zero-order chi connectivity index (χ0) is 11.0. The van der Waals surface area contributed by atoms with Gasteiger partial charge in [-0.15, -0.1) is 0 Å². The molecule has 0 bridgehead atoms. The summed E-state index contributed by atoms with van der Waals surface area (Å²) in [6.45, 7) is 1.73. The van der Waals surface area contributed by atoms with Crippen LogP contribution in [0.3, 0.4) is 0 Å². The highest BCUT2D eigenvalue weighted by Gasteiger charge is 2.10. The molecule has 6 heteroatoms. The van der Waals surface area contributed by atoms with E-state index in [4.69, 9.17) is 5.11 Å². The number of carbonyl (C=O) groups is 1. The molecule has 0 aliphatic rings. The minimum atomic E-state index is -1.03. The Morgan fingerprint density at radius 1 is 1.27 bits per heavy atom. The molecular formula is C9H9N3O3. The average Bonchev–Trinajstić information content (AvgIpc) is 2.71. The summed E-state index contributed by atoms with van der Waals surface area (Å²) in [6.07, 6.45) is 0. The molecule has 15 heavy (non-hydrogen) atoms. The Balaban J connectivity index is 2.50. The molecular weight excluding hydrogens is 198 g/mol. The number of H-pyrrole nitrogens is 3. The van der Waals surface area contributed by atoms with Crippen LogP contribution in [0, 0.1) is 6.92 Å². The fraction of sp³-hybridized carbons (Fsp3) is 0.111. The summed E-state index contributed by atoms with van der Waals surface area (Å²) in [5.41, 5.74) is 1.59. The number of nitrogens with one attached hydrogen (secondary N) is 3. The Labute approximate surface area is 84.0 Å². The Hall–Kier alpha value is -2.24. The molecule has 0 spiro atoms. The van der Waals surface area contributed by atoms with Crippen LogP contribution >= 0.6 is 0 Å². The van der Waals surface area contributed by atoms with Crippen molar-refractivity contribution in [3.05, 3.63) is 34.0 Å². The van der Waals surface area contributed by atoms with Crippen molar-refractivity contribution in [1.29, 1.82) is 0 Å². The number of aromatic amines is 3. The third-order valence-corrected chi connectivity index (χ3v) is 2.10. The van der Waals surface area contributed by atoms with Crippen molar-refractivity contribution >= 4 is 5.97 Å². The molecule has 2 aromatic rings. The van der Waals surface area contributed by atoms with Crippen molar-refractivity contribution in [1.82, 2.24) is 15.0 Å². The summed E-state index contributed by atoms with van der Waals surface area (Å²) in [7, 11) is 0. The normalized spacial score (nSPS) is 10.5. The average molecular weight is 207 g/mol. The van der Waals surface area contributed by atoms with Gasteiger partial charge in [0.1, 0.15) is 5.69 Å². The first-order valence-electron chi connectivity index (χ1n) is 4.29. The van der Waals surface area contributed by atoms with Crippen LogP contribution < -0.4 is 5.69 Å². The van der Waals surface area contributed by atoms with E-state index in [1.807, 2.05) is 0 Å². The first-order valence-corrected chi connectivity index (χ1v) is 4.29. The largest absolute Gasteiger partial charge is 0.477 e. The predicted molar refractivity (Wildman–Crippen MR) is 52.9 cm³/mol. The van der Waals surface area contributed by atoms with Crippen molar-refractivity contribution in [2.24, 2.45) is 0 Å². The quantitative estimate of drug-likeness (QED) is 0.583. The summed E-state index contributed by atoms with van der Waals surface area (Å²) in [4.78, 5) is 29.4. The van der Waals surface area contributed by atoms with Crippen LogP contribution in [-0.4, -0.2) is 26.0 Å². The highest BCUT2D eigenvalue weighted by Crippen LogP contribution is 2.17. The summed E-state index contributed by atoms with van der Waals surface area (Å²) in [5, 5.41) is 8.71. The lowest BCUT2D eigenvalue weighted by Crippen LogP contribution is -2.00. The van der Waals surface area contributed by atoms with Gasteiger partial charge in [0, 0.05) is 5.69 Å². The molecule has 0 aliphatic carbocycles. The van der Waals surface area contributed by atoms with Crippen LogP contribution in [0.2, 0.25) is 0 Å². The number of carboxylic acids is 1. The summed E-state index contributed by atoms with van der Waals surface area (Å²) in [5.74, 6) is -1.03. The Morgan fingerprint density at radius 3 is 2.47 bits per heavy atom. The maximum atomic E-state index is 11.0. The summed E-state index contributed by atoms with van der Waals surface area (Å²) in [6, 6.07) is 3.05. The number of carboxylic acid groups (broad SMARTS) is 1. The standard InChI is InChI=1S/C9H9N3O3/c1-4-7(12-9(15)10-4)5-2-3-6(11-5)8(13)14/h2-3,11H,1H3,(H,13,14)(H2,10,12,15). The number of aromatic carboxylic acids is 1. The Morgan fingerprint density at radius 2 is 2.00 bits per heavy atom. The summed E-state index contributed by atoms with van der Waals surface area (Å²) < 4.78 is 0. The van der Waals surface area contributed by atoms with Gasteiger partial charge in [-0.05, 0) is 19.1 Å². The fourth-order valence-corrected chi connectivity index (χ4v) is 1.41. The van der Waals surface area contributed by atoms with Gasteiger partial charge >= 0.3 is 11.7 Å². The molecule has 2 heterocycles. The number of hydrogen-bond donors (Lipinski definition) is 4. The van der Waals surface area contributed by atoms with Gasteiger partial charge in [-0.3, -0.25) is 0 Å². The van der Waals surface area contributed by atoms with E-state index in [1.54, 1.807) is 13.0 Å². The SMILES string of the molecule is Cc1[nH]c(=O)[nH]c1-c1ccc(C(=O)O)[nH]1. The van der Waals surface area contributed by atoms with Gasteiger partial charge in [0.05, 0.1) is 11.4 Å². The Kier molecular flexibility index (Phi) is 1.96. The first kappa shape index (κ1) is 9.32. The van der Waals surface area contributed by atoms with Gasteiger partial charge in [0.15, 0.2) is 0 Å². The van der Waals surface area contributed by atoms with E-state index in [-0.39, 0.29) is 11.4 Å². The third-order valence-electron chi connectivity index (χ3n) is 2.10. The number of aryl methyl sites for hydroxylation is 1. The lowest BCUT2D eigenvalue weighted by atomic mass is 10.3. The van der Waals surface area contributed by atoms with Gasteiger partial charge < -0.3 is 20.1 Å². The minimum absolute atomic E-state index is 0.0893. The number of hydrogen-bond acceptors (Lipinski definition) is 2. The topological polar surface area (TPSA) is 102 Å². The van der Waals surface area contributed by atoms with E-state index in [0.29, 0.717) is 17.1 Å². The highest BCUT2D eigenvalue weighted by atomic mass is 16.4. The van der Waals surface area contributed by atoms with E-state index in [2.05, 4.69) is 15.0 Å². The smallest absolute Gasteiger partial charge is 0.352 e. The predicted octanol–water partition coefficient (Wildman–Crippen LogP) is 0.705. The highest BCUT2D eigenvalue weighted by molar-refractivity contribution is 5.86. The van der Waals surface area contributed by atoms with Crippen LogP contribution in [-0.2, 0) is 0 Å². The van der Waals surface area contributed by atoms with E-state index >= 15 is 0 Å². The molecule has 78 valence electrons. The molecule has 2 rings (SSSR count). The zero-order valence-corrected chi connectivity index (χ0v) is 7.92. The van der Waals surface area contributed by atoms with E-state index in [1.165, 1.54) is 6.07 Å². The van der Waals surface area contributed by atoms with E-state index < -0.39 is 5.97 Å². The van der Waals surface area contributed by atoms with Gasteiger partial charge in [-0.1, -0.05) is 0 Å². The maximum Gasteiger partial charge on any atom is 0.352 e. The second-order valence-electron chi connectivity index (χ2n) is 3.17. The first-order chi connectivity index (χ1) is 7.08. The molecule has 0 aliphatic heterocycles. The zero-order valence-electron chi connectivity index (χ0n) is 7.92. The Bertz CT molecular complexity index is 561. The summed E-state index contributed by atoms with van der Waals surface area (Å²) >= 11 is 0. The lowest BCUT2D eigenvalue weighted by Gasteiger charge is -1.94. The molecule has 0 saturated heterocycles. The number of rotatable bonds is 2. The molecule has 0 radical (unpaired) electrons. The molecule has 0 atom stereocenters. The number of aromatic nitrogens is 3. The fourth-order valence-electron chi connectivity index (χ4n) is 1.41. The van der Waals surface area contributed by atoms with E-state index in [0.717, 1.165) is 0 Å². The van der Waals surface area contributed by atoms with Gasteiger partial charge in [-0.2, -0.15) is 0 Å². The molecule has 4 N–H and O–H groups in total. The number of imidazole rings is 1. The lowest BCUT2D eigenvalue weighted by molar-refractivity contribution is 0.0691. The van der Waals surface area contributed by atoms with Crippen LogP contribution in [0.25, 0.3) is 11.4 Å². The minimum Gasteiger partial charge on any atom is -0.477 e. The van der Waals surface area contributed by atoms with Gasteiger partial charge in [0.25, 0.3) is 0 Å². The maximum absolute atomic E-state index is 11.0. The molecule has 6 nitrogen and oxygen atoms in total. The van der Waals surface area contributed by atoms with Crippen molar-refractivity contribution in [3.63, 3.8) is 0 Å². The molecule has 0 saturated carbocycles. The molecule has 0 unspecified atom stereocenters. The third kappa shape index (κ3) is 1.56. The van der Waals surface area contributed by atoms with Crippen LogP contribution in [0.15, 0.2) is 16.9 Å². The monoisotopic (exact) mass is 207 g/mol. The van der Waals surface area contributed by atoms with Crippen LogP contribution in [0.5, 0.6) is 0 Å². The van der Waals surface area contributed by atoms with Crippen molar-refractivity contribution in [2.75, 3.05) is 0 Å². The molecule has 0 fully saturated rings. The van der Waals surface area contributed by atoms with Crippen molar-refractivity contribution in [3.8, 4) is 11.4 Å². The van der Waals surface area contributed by atoms with Crippen LogP contribution in [0.4, 0.5) is 0 Å². The molecule has 0 aromatic carbocycles. The van der Waals surface area contributed by atoms with Crippen molar-refractivity contribution < 1.29 is 9.90 Å². The van der Waals surface area contributed by atoms with E-state index in [9.17, 15) is 9.59 Å². The second kappa shape index (κ2) is 3.16.